The lowest BCUT2D eigenvalue weighted by Gasteiger charge is -2.40. The number of aldehydes is 1. The molecule has 0 atom stereocenters. The van der Waals surface area contributed by atoms with E-state index >= 15 is 0 Å². The number of fused-ring (bicyclic) bond motifs is 1. The first kappa shape index (κ1) is 27.0. The van der Waals surface area contributed by atoms with Gasteiger partial charge in [0.1, 0.15) is 17.7 Å². The molecule has 5 rings (SSSR count). The molecule has 0 radical (unpaired) electrons. The minimum Gasteiger partial charge on any atom is -0.493 e. The number of allylic oxidation sites excluding steroid dienone is 4. The number of amides is 2. The Balaban J connectivity index is 1.18. The van der Waals surface area contributed by atoms with Crippen LogP contribution in [0.3, 0.4) is 0 Å². The van der Waals surface area contributed by atoms with Crippen molar-refractivity contribution in [1.29, 1.82) is 0 Å². The van der Waals surface area contributed by atoms with Crippen molar-refractivity contribution in [3.63, 3.8) is 0 Å². The van der Waals surface area contributed by atoms with E-state index in [0.29, 0.717) is 18.8 Å². The number of aromatic nitrogens is 1. The molecular weight excluding hydrogens is 492 g/mol. The summed E-state index contributed by atoms with van der Waals surface area (Å²) < 4.78 is 7.82. The SMILES string of the molecule is CCOc1cccc2c1cc(C(=O)NC1=CC=C(N3CCN(C(=O)[C@H]4CC[C@H](C=O)CC4)CC3)CC1)n2CC. The lowest BCUT2D eigenvalue weighted by Crippen LogP contribution is -2.50. The summed E-state index contributed by atoms with van der Waals surface area (Å²) in [6.45, 7) is 8.41. The van der Waals surface area contributed by atoms with E-state index in [0.717, 1.165) is 93.3 Å². The van der Waals surface area contributed by atoms with Crippen LogP contribution in [-0.2, 0) is 16.1 Å². The van der Waals surface area contributed by atoms with E-state index in [1.54, 1.807) is 0 Å². The molecule has 1 saturated heterocycles. The first-order valence-electron chi connectivity index (χ1n) is 14.5. The first-order valence-corrected chi connectivity index (χ1v) is 14.5. The monoisotopic (exact) mass is 532 g/mol. The van der Waals surface area contributed by atoms with Gasteiger partial charge in [-0.3, -0.25) is 9.59 Å². The topological polar surface area (TPSA) is 83.9 Å². The second-order valence-electron chi connectivity index (χ2n) is 10.8. The number of hydrogen-bond donors (Lipinski definition) is 1. The van der Waals surface area contributed by atoms with E-state index in [1.807, 2.05) is 53.7 Å². The number of ether oxygens (including phenoxy) is 1. The fraction of sp³-hybridized carbons (Fsp3) is 0.516. The average Bonchev–Trinajstić information content (AvgIpc) is 3.37. The van der Waals surface area contributed by atoms with Gasteiger partial charge in [0, 0.05) is 61.3 Å². The summed E-state index contributed by atoms with van der Waals surface area (Å²) in [5.41, 5.74) is 3.81. The summed E-state index contributed by atoms with van der Waals surface area (Å²) in [7, 11) is 0. The van der Waals surface area contributed by atoms with Gasteiger partial charge in [0.15, 0.2) is 0 Å². The largest absolute Gasteiger partial charge is 0.493 e. The van der Waals surface area contributed by atoms with E-state index < -0.39 is 0 Å². The Hall–Kier alpha value is -3.55. The number of nitrogens with one attached hydrogen (secondary N) is 1. The molecule has 1 aromatic heterocycles. The minimum absolute atomic E-state index is 0.0768. The molecule has 1 N–H and O–H groups in total. The molecular formula is C31H40N4O4. The summed E-state index contributed by atoms with van der Waals surface area (Å²) in [6, 6.07) is 7.86. The number of nitrogens with zero attached hydrogens (tertiary/aromatic N) is 3. The molecule has 0 bridgehead atoms. The van der Waals surface area contributed by atoms with Crippen LogP contribution in [0.15, 0.2) is 47.8 Å². The molecule has 2 aromatic rings. The van der Waals surface area contributed by atoms with Gasteiger partial charge in [-0.25, -0.2) is 0 Å². The third-order valence-electron chi connectivity index (χ3n) is 8.47. The number of hydrogen-bond acceptors (Lipinski definition) is 5. The third kappa shape index (κ3) is 5.75. The number of carbonyl (C=O) groups excluding carboxylic acids is 3. The maximum atomic E-state index is 13.3. The van der Waals surface area contributed by atoms with Crippen LogP contribution in [0.4, 0.5) is 0 Å². The predicted octanol–water partition coefficient (Wildman–Crippen LogP) is 4.50. The van der Waals surface area contributed by atoms with E-state index in [-0.39, 0.29) is 23.7 Å². The van der Waals surface area contributed by atoms with Crippen molar-refractivity contribution in [1.82, 2.24) is 19.7 Å². The van der Waals surface area contributed by atoms with Gasteiger partial charge >= 0.3 is 0 Å². The van der Waals surface area contributed by atoms with Crippen LogP contribution >= 0.6 is 0 Å². The van der Waals surface area contributed by atoms with Crippen LogP contribution < -0.4 is 10.1 Å². The molecule has 2 aliphatic carbocycles. The van der Waals surface area contributed by atoms with Crippen LogP contribution in [0.25, 0.3) is 10.9 Å². The number of benzene rings is 1. The van der Waals surface area contributed by atoms with Gasteiger partial charge in [-0.2, -0.15) is 0 Å². The van der Waals surface area contributed by atoms with Gasteiger partial charge < -0.3 is 29.2 Å². The Morgan fingerprint density at radius 2 is 1.79 bits per heavy atom. The molecule has 1 aliphatic heterocycles. The van der Waals surface area contributed by atoms with Crippen LogP contribution in [0.2, 0.25) is 0 Å². The van der Waals surface area contributed by atoms with Crippen LogP contribution in [0.5, 0.6) is 5.75 Å². The molecule has 39 heavy (non-hydrogen) atoms. The average molecular weight is 533 g/mol. The molecule has 2 amide bonds. The highest BCUT2D eigenvalue weighted by molar-refractivity contribution is 6.01. The van der Waals surface area contributed by atoms with Crippen molar-refractivity contribution in [2.24, 2.45) is 11.8 Å². The lowest BCUT2D eigenvalue weighted by molar-refractivity contribution is -0.138. The highest BCUT2D eigenvalue weighted by Gasteiger charge is 2.31. The fourth-order valence-corrected chi connectivity index (χ4v) is 6.25. The molecule has 1 aromatic carbocycles. The normalized spacial score (nSPS) is 21.8. The standard InChI is InChI=1S/C31H40N4O4/c1-3-35-27-6-5-7-29(39-4-2)26(27)20-28(35)30(37)32-24-12-14-25(15-13-24)33-16-18-34(19-17-33)31(38)23-10-8-22(21-36)9-11-23/h5-7,12,14,20-23H,3-4,8-11,13,15-19H2,1-2H3,(H,32,37)/t22-,23-. The summed E-state index contributed by atoms with van der Waals surface area (Å²) in [5.74, 6) is 1.17. The molecule has 1 saturated carbocycles. The van der Waals surface area contributed by atoms with E-state index in [4.69, 9.17) is 4.74 Å². The summed E-state index contributed by atoms with van der Waals surface area (Å²) >= 11 is 0. The fourth-order valence-electron chi connectivity index (χ4n) is 6.25. The molecule has 8 nitrogen and oxygen atoms in total. The van der Waals surface area contributed by atoms with Gasteiger partial charge in [-0.1, -0.05) is 6.07 Å². The highest BCUT2D eigenvalue weighted by atomic mass is 16.5. The molecule has 0 spiro atoms. The zero-order valence-electron chi connectivity index (χ0n) is 23.2. The van der Waals surface area contributed by atoms with Crippen molar-refractivity contribution in [3.05, 3.63) is 53.5 Å². The Morgan fingerprint density at radius 1 is 1.03 bits per heavy atom. The molecule has 208 valence electrons. The minimum atomic E-state index is -0.104. The Kier molecular flexibility index (Phi) is 8.38. The number of rotatable bonds is 8. The Bertz CT molecular complexity index is 1280. The zero-order valence-corrected chi connectivity index (χ0v) is 23.2. The summed E-state index contributed by atoms with van der Waals surface area (Å²) in [4.78, 5) is 41.7. The molecule has 2 heterocycles. The summed E-state index contributed by atoms with van der Waals surface area (Å²) in [6.07, 6.45) is 10.2. The van der Waals surface area contributed by atoms with E-state index in [1.165, 1.54) is 5.70 Å². The quantitative estimate of drug-likeness (QED) is 0.506. The Labute approximate surface area is 230 Å². The van der Waals surface area contributed by atoms with Crippen LogP contribution in [-0.4, -0.2) is 65.3 Å². The number of aryl methyl sites for hydroxylation is 1. The zero-order chi connectivity index (χ0) is 27.4. The van der Waals surface area contributed by atoms with Crippen molar-refractivity contribution < 1.29 is 19.1 Å². The van der Waals surface area contributed by atoms with Gasteiger partial charge in [0.05, 0.1) is 12.1 Å². The maximum absolute atomic E-state index is 13.3. The predicted molar refractivity (Wildman–Crippen MR) is 151 cm³/mol. The number of piperazine rings is 1. The van der Waals surface area contributed by atoms with Gasteiger partial charge in [0.25, 0.3) is 5.91 Å². The van der Waals surface area contributed by atoms with Crippen LogP contribution in [0, 0.1) is 11.8 Å². The van der Waals surface area contributed by atoms with Crippen molar-refractivity contribution in [2.45, 2.75) is 58.9 Å². The highest BCUT2D eigenvalue weighted by Crippen LogP contribution is 2.31. The second-order valence-corrected chi connectivity index (χ2v) is 10.8. The van der Waals surface area contributed by atoms with Crippen molar-refractivity contribution >= 4 is 29.0 Å². The summed E-state index contributed by atoms with van der Waals surface area (Å²) in [5, 5.41) is 4.09. The van der Waals surface area contributed by atoms with E-state index in [9.17, 15) is 14.4 Å². The third-order valence-corrected chi connectivity index (χ3v) is 8.47. The molecule has 8 heteroatoms. The van der Waals surface area contributed by atoms with Gasteiger partial charge in [-0.15, -0.1) is 0 Å². The second kappa shape index (κ2) is 12.1. The lowest BCUT2D eigenvalue weighted by atomic mass is 9.82. The van der Waals surface area contributed by atoms with Crippen LogP contribution in [0.1, 0.15) is 62.9 Å². The molecule has 0 unspecified atom stereocenters. The van der Waals surface area contributed by atoms with E-state index in [2.05, 4.69) is 16.3 Å². The van der Waals surface area contributed by atoms with Gasteiger partial charge in [0.2, 0.25) is 5.91 Å². The maximum Gasteiger partial charge on any atom is 0.272 e. The van der Waals surface area contributed by atoms with Gasteiger partial charge in [-0.05, 0) is 82.7 Å². The smallest absolute Gasteiger partial charge is 0.272 e. The molecule has 2 fully saturated rings. The Morgan fingerprint density at radius 3 is 2.44 bits per heavy atom. The van der Waals surface area contributed by atoms with Crippen molar-refractivity contribution in [2.75, 3.05) is 32.8 Å². The molecule has 3 aliphatic rings. The first-order chi connectivity index (χ1) is 19.0. The van der Waals surface area contributed by atoms with Crippen molar-refractivity contribution in [3.8, 4) is 5.75 Å². The number of carbonyl (C=O) groups is 3.